The number of hydrogen-bond donors (Lipinski definition) is 2. The van der Waals surface area contributed by atoms with Crippen molar-refractivity contribution < 1.29 is 4.79 Å². The molecule has 0 aliphatic carbocycles. The van der Waals surface area contributed by atoms with E-state index in [0.29, 0.717) is 12.5 Å². The van der Waals surface area contributed by atoms with Crippen LogP contribution in [0.25, 0.3) is 5.69 Å². The third-order valence-electron chi connectivity index (χ3n) is 3.47. The van der Waals surface area contributed by atoms with Crippen LogP contribution in [0.5, 0.6) is 0 Å². The molecule has 1 heterocycles. The molecule has 6 heteroatoms. The smallest absolute Gasteiger partial charge is 0.251 e. The summed E-state index contributed by atoms with van der Waals surface area (Å²) in [6.45, 7) is 4.11. The minimum absolute atomic E-state index is 0.203. The van der Waals surface area contributed by atoms with Gasteiger partial charge in [-0.1, -0.05) is 48.0 Å². The average molecular weight is 321 g/mol. The van der Waals surface area contributed by atoms with Crippen LogP contribution in [0.4, 0.5) is 11.9 Å². The van der Waals surface area contributed by atoms with Gasteiger partial charge >= 0.3 is 0 Å². The maximum Gasteiger partial charge on any atom is 0.251 e. The van der Waals surface area contributed by atoms with Gasteiger partial charge in [0.25, 0.3) is 5.95 Å². The fourth-order valence-corrected chi connectivity index (χ4v) is 2.27. The number of rotatable bonds is 5. The van der Waals surface area contributed by atoms with E-state index in [0.717, 1.165) is 11.3 Å². The van der Waals surface area contributed by atoms with Crippen LogP contribution in [0.3, 0.4) is 0 Å². The van der Waals surface area contributed by atoms with E-state index in [9.17, 15) is 4.79 Å². The molecule has 0 aliphatic heterocycles. The number of benzene rings is 2. The van der Waals surface area contributed by atoms with E-state index in [2.05, 4.69) is 51.9 Å². The standard InChI is InChI=1S/C18H19N5O/c1-13-8-10-15(11-9-13)12-19-18-21-17(20-14(2)24)22-23(18)16-6-4-3-5-7-16/h3-11H,12H2,1-2H3,(H2,19,20,21,22,24). The van der Waals surface area contributed by atoms with Crippen molar-refractivity contribution in [2.75, 3.05) is 10.6 Å². The first-order valence-corrected chi connectivity index (χ1v) is 7.71. The van der Waals surface area contributed by atoms with E-state index < -0.39 is 0 Å². The molecule has 0 unspecified atom stereocenters. The number of amides is 1. The normalized spacial score (nSPS) is 10.4. The van der Waals surface area contributed by atoms with Crippen molar-refractivity contribution in [3.63, 3.8) is 0 Å². The summed E-state index contributed by atoms with van der Waals surface area (Å²) in [6, 6.07) is 17.9. The molecule has 1 amide bonds. The van der Waals surface area contributed by atoms with Crippen LogP contribution < -0.4 is 10.6 Å². The zero-order chi connectivity index (χ0) is 16.9. The van der Waals surface area contributed by atoms with Gasteiger partial charge in [0.2, 0.25) is 11.9 Å². The lowest BCUT2D eigenvalue weighted by molar-refractivity contribution is -0.114. The molecular formula is C18H19N5O. The molecule has 1 aromatic heterocycles. The summed E-state index contributed by atoms with van der Waals surface area (Å²) >= 11 is 0. The van der Waals surface area contributed by atoms with Crippen molar-refractivity contribution in [1.82, 2.24) is 14.8 Å². The Morgan fingerprint density at radius 2 is 1.79 bits per heavy atom. The second-order valence-electron chi connectivity index (χ2n) is 5.53. The second kappa shape index (κ2) is 6.95. The number of para-hydroxylation sites is 1. The van der Waals surface area contributed by atoms with E-state index >= 15 is 0 Å². The van der Waals surface area contributed by atoms with E-state index in [-0.39, 0.29) is 11.9 Å². The molecule has 0 saturated carbocycles. The molecular weight excluding hydrogens is 302 g/mol. The highest BCUT2D eigenvalue weighted by atomic mass is 16.1. The summed E-state index contributed by atoms with van der Waals surface area (Å²) in [4.78, 5) is 15.6. The number of carbonyl (C=O) groups is 1. The Morgan fingerprint density at radius 3 is 2.46 bits per heavy atom. The van der Waals surface area contributed by atoms with E-state index in [1.807, 2.05) is 30.3 Å². The quantitative estimate of drug-likeness (QED) is 0.757. The summed E-state index contributed by atoms with van der Waals surface area (Å²) < 4.78 is 1.68. The Morgan fingerprint density at radius 1 is 1.08 bits per heavy atom. The summed E-state index contributed by atoms with van der Waals surface area (Å²) in [5, 5.41) is 10.3. The molecule has 3 aromatic rings. The van der Waals surface area contributed by atoms with Crippen molar-refractivity contribution in [2.45, 2.75) is 20.4 Å². The van der Waals surface area contributed by atoms with Crippen LogP contribution >= 0.6 is 0 Å². The zero-order valence-corrected chi connectivity index (χ0v) is 13.7. The molecule has 0 fully saturated rings. The van der Waals surface area contributed by atoms with Gasteiger partial charge in [-0.25, -0.2) is 0 Å². The molecule has 3 rings (SSSR count). The maximum absolute atomic E-state index is 11.3. The van der Waals surface area contributed by atoms with E-state index in [1.165, 1.54) is 12.5 Å². The molecule has 24 heavy (non-hydrogen) atoms. The Balaban J connectivity index is 1.85. The molecule has 2 aromatic carbocycles. The van der Waals surface area contributed by atoms with Gasteiger partial charge in [0, 0.05) is 13.5 Å². The number of hydrogen-bond acceptors (Lipinski definition) is 4. The molecule has 0 radical (unpaired) electrons. The molecule has 0 spiro atoms. The van der Waals surface area contributed by atoms with Crippen LogP contribution in [-0.4, -0.2) is 20.7 Å². The molecule has 2 N–H and O–H groups in total. The van der Waals surface area contributed by atoms with Gasteiger partial charge in [-0.3, -0.25) is 10.1 Å². The number of carbonyl (C=O) groups excluding carboxylic acids is 1. The van der Waals surface area contributed by atoms with Crippen molar-refractivity contribution in [1.29, 1.82) is 0 Å². The summed E-state index contributed by atoms with van der Waals surface area (Å²) in [7, 11) is 0. The first-order valence-electron chi connectivity index (χ1n) is 7.71. The first kappa shape index (κ1) is 15.7. The second-order valence-corrected chi connectivity index (χ2v) is 5.53. The first-order chi connectivity index (χ1) is 11.6. The summed E-state index contributed by atoms with van der Waals surface area (Å²) in [6.07, 6.45) is 0. The van der Waals surface area contributed by atoms with Crippen LogP contribution in [0.1, 0.15) is 18.1 Å². The van der Waals surface area contributed by atoms with Gasteiger partial charge in [0.15, 0.2) is 0 Å². The summed E-state index contributed by atoms with van der Waals surface area (Å²) in [5.41, 5.74) is 3.23. The minimum atomic E-state index is -0.203. The fraction of sp³-hybridized carbons (Fsp3) is 0.167. The van der Waals surface area contributed by atoms with Crippen LogP contribution in [0.2, 0.25) is 0 Å². The largest absolute Gasteiger partial charge is 0.350 e. The monoisotopic (exact) mass is 321 g/mol. The lowest BCUT2D eigenvalue weighted by Gasteiger charge is -2.08. The number of aromatic nitrogens is 3. The van der Waals surface area contributed by atoms with Crippen molar-refractivity contribution >= 4 is 17.8 Å². The maximum atomic E-state index is 11.3. The fourth-order valence-electron chi connectivity index (χ4n) is 2.27. The predicted molar refractivity (Wildman–Crippen MR) is 94.2 cm³/mol. The van der Waals surface area contributed by atoms with Gasteiger partial charge in [-0.05, 0) is 24.6 Å². The van der Waals surface area contributed by atoms with Crippen LogP contribution in [-0.2, 0) is 11.3 Å². The van der Waals surface area contributed by atoms with Crippen LogP contribution in [0, 0.1) is 6.92 Å². The zero-order valence-electron chi connectivity index (χ0n) is 13.7. The van der Waals surface area contributed by atoms with Gasteiger partial charge in [0.05, 0.1) is 5.69 Å². The van der Waals surface area contributed by atoms with Gasteiger partial charge < -0.3 is 5.32 Å². The lowest BCUT2D eigenvalue weighted by atomic mass is 10.1. The van der Waals surface area contributed by atoms with E-state index in [1.54, 1.807) is 4.68 Å². The predicted octanol–water partition coefficient (Wildman–Crippen LogP) is 3.15. The lowest BCUT2D eigenvalue weighted by Crippen LogP contribution is -2.08. The third-order valence-corrected chi connectivity index (χ3v) is 3.47. The Bertz CT molecular complexity index is 824. The van der Waals surface area contributed by atoms with Gasteiger partial charge in [-0.2, -0.15) is 9.67 Å². The van der Waals surface area contributed by atoms with Crippen molar-refractivity contribution in [2.24, 2.45) is 0 Å². The summed E-state index contributed by atoms with van der Waals surface area (Å²) in [5.74, 6) is 0.647. The average Bonchev–Trinajstić information content (AvgIpc) is 2.97. The number of anilines is 2. The highest BCUT2D eigenvalue weighted by molar-refractivity contribution is 5.86. The minimum Gasteiger partial charge on any atom is -0.350 e. The molecule has 0 atom stereocenters. The van der Waals surface area contributed by atoms with Crippen molar-refractivity contribution in [3.8, 4) is 5.69 Å². The number of nitrogens with one attached hydrogen (secondary N) is 2. The van der Waals surface area contributed by atoms with E-state index in [4.69, 9.17) is 0 Å². The molecule has 0 aliphatic rings. The molecule has 122 valence electrons. The molecule has 0 saturated heterocycles. The Kier molecular flexibility index (Phi) is 4.56. The highest BCUT2D eigenvalue weighted by Crippen LogP contribution is 2.17. The van der Waals surface area contributed by atoms with Gasteiger partial charge in [0.1, 0.15) is 0 Å². The molecule has 0 bridgehead atoms. The van der Waals surface area contributed by atoms with Crippen molar-refractivity contribution in [3.05, 3.63) is 65.7 Å². The van der Waals surface area contributed by atoms with Crippen LogP contribution in [0.15, 0.2) is 54.6 Å². The Labute approximate surface area is 140 Å². The molecule has 6 nitrogen and oxygen atoms in total. The van der Waals surface area contributed by atoms with Gasteiger partial charge in [-0.15, -0.1) is 5.10 Å². The highest BCUT2D eigenvalue weighted by Gasteiger charge is 2.12. The topological polar surface area (TPSA) is 71.8 Å². The SMILES string of the molecule is CC(=O)Nc1nc(NCc2ccc(C)cc2)n(-c2ccccc2)n1. The Hall–Kier alpha value is -3.15. The number of aryl methyl sites for hydroxylation is 1. The number of nitrogens with zero attached hydrogens (tertiary/aromatic N) is 3. The third kappa shape index (κ3) is 3.78.